The van der Waals surface area contributed by atoms with Gasteiger partial charge in [-0.3, -0.25) is 4.57 Å². The van der Waals surface area contributed by atoms with Gasteiger partial charge < -0.3 is 21.1 Å². The number of hydrogen-bond acceptors (Lipinski definition) is 6. The van der Waals surface area contributed by atoms with Crippen LogP contribution in [-0.2, 0) is 13.1 Å². The van der Waals surface area contributed by atoms with Crippen LogP contribution in [0.5, 0.6) is 0 Å². The van der Waals surface area contributed by atoms with Crippen molar-refractivity contribution in [3.8, 4) is 5.95 Å². The van der Waals surface area contributed by atoms with Crippen LogP contribution in [0.25, 0.3) is 16.9 Å². The van der Waals surface area contributed by atoms with Crippen molar-refractivity contribution in [3.05, 3.63) is 77.1 Å². The molecule has 152 valence electrons. The lowest BCUT2D eigenvalue weighted by Crippen LogP contribution is -2.30. The fourth-order valence-corrected chi connectivity index (χ4v) is 3.67. The molecular weight excluding hydrogens is 377 g/mol. The van der Waals surface area contributed by atoms with E-state index in [1.54, 1.807) is 18.2 Å². The average molecular weight is 401 g/mol. The van der Waals surface area contributed by atoms with E-state index >= 15 is 0 Å². The molecule has 0 aliphatic carbocycles. The standard InChI is InChI=1S/C22H24BN5O2/c1-14-9-21(25-13-16-5-3-7-18(11-16)23(29)30)27-22(26-14)28-15(2)10-19-17(12-24)6-4-8-20(19)28/h3-11,29-30H,12-13,24H2,1-2H3,(H,25,26,27). The number of anilines is 1. The van der Waals surface area contributed by atoms with Crippen LogP contribution in [0.15, 0.2) is 54.6 Å². The fraction of sp³-hybridized carbons (Fsp3) is 0.182. The van der Waals surface area contributed by atoms with Crippen molar-refractivity contribution in [2.24, 2.45) is 5.73 Å². The van der Waals surface area contributed by atoms with Crippen LogP contribution in [0.1, 0.15) is 22.5 Å². The van der Waals surface area contributed by atoms with E-state index in [0.29, 0.717) is 30.3 Å². The zero-order chi connectivity index (χ0) is 21.3. The van der Waals surface area contributed by atoms with E-state index in [1.165, 1.54) is 0 Å². The van der Waals surface area contributed by atoms with Gasteiger partial charge in [0.2, 0.25) is 5.95 Å². The van der Waals surface area contributed by atoms with Gasteiger partial charge in [0.25, 0.3) is 0 Å². The first-order chi connectivity index (χ1) is 14.5. The number of rotatable bonds is 6. The van der Waals surface area contributed by atoms with Crippen LogP contribution in [0.2, 0.25) is 0 Å². The molecule has 0 spiro atoms. The molecule has 0 bridgehead atoms. The predicted molar refractivity (Wildman–Crippen MR) is 120 cm³/mol. The number of fused-ring (bicyclic) bond motifs is 1. The van der Waals surface area contributed by atoms with Crippen LogP contribution < -0.4 is 16.5 Å². The van der Waals surface area contributed by atoms with Gasteiger partial charge in [-0.1, -0.05) is 36.4 Å². The van der Waals surface area contributed by atoms with Crippen molar-refractivity contribution in [2.75, 3.05) is 5.32 Å². The van der Waals surface area contributed by atoms with Gasteiger partial charge in [-0.05, 0) is 42.6 Å². The normalized spacial score (nSPS) is 11.1. The first kappa shape index (κ1) is 20.1. The fourth-order valence-electron chi connectivity index (χ4n) is 3.67. The third-order valence-electron chi connectivity index (χ3n) is 5.11. The van der Waals surface area contributed by atoms with Crippen LogP contribution in [-0.4, -0.2) is 31.7 Å². The Hall–Kier alpha value is -3.20. The van der Waals surface area contributed by atoms with Gasteiger partial charge in [0.05, 0.1) is 5.52 Å². The molecule has 0 atom stereocenters. The molecule has 0 unspecified atom stereocenters. The maximum atomic E-state index is 9.37. The third kappa shape index (κ3) is 3.93. The number of nitrogens with one attached hydrogen (secondary N) is 1. The minimum Gasteiger partial charge on any atom is -0.423 e. The number of nitrogens with zero attached hydrogens (tertiary/aromatic N) is 3. The molecule has 4 rings (SSSR count). The van der Waals surface area contributed by atoms with Crippen molar-refractivity contribution < 1.29 is 10.0 Å². The molecule has 2 aromatic heterocycles. The minimum atomic E-state index is -1.48. The Morgan fingerprint density at radius 2 is 1.83 bits per heavy atom. The molecular formula is C22H24BN5O2. The van der Waals surface area contributed by atoms with Gasteiger partial charge in [0.1, 0.15) is 5.82 Å². The summed E-state index contributed by atoms with van der Waals surface area (Å²) in [5.74, 6) is 1.29. The van der Waals surface area contributed by atoms with Crippen molar-refractivity contribution in [2.45, 2.75) is 26.9 Å². The van der Waals surface area contributed by atoms with E-state index in [4.69, 9.17) is 10.7 Å². The summed E-state index contributed by atoms with van der Waals surface area (Å²) in [7, 11) is -1.48. The van der Waals surface area contributed by atoms with E-state index < -0.39 is 7.12 Å². The minimum absolute atomic E-state index is 0.457. The van der Waals surface area contributed by atoms with Crippen molar-refractivity contribution in [1.82, 2.24) is 14.5 Å². The molecule has 7 nitrogen and oxygen atoms in total. The predicted octanol–water partition coefficient (Wildman–Crippen LogP) is 1.79. The number of hydrogen-bond donors (Lipinski definition) is 4. The van der Waals surface area contributed by atoms with E-state index in [1.807, 2.05) is 48.7 Å². The lowest BCUT2D eigenvalue weighted by Gasteiger charge is -2.12. The van der Waals surface area contributed by atoms with Crippen LogP contribution >= 0.6 is 0 Å². The molecule has 0 aliphatic heterocycles. The summed E-state index contributed by atoms with van der Waals surface area (Å²) in [6.45, 7) is 4.94. The number of aromatic nitrogens is 3. The molecule has 2 aromatic carbocycles. The first-order valence-electron chi connectivity index (χ1n) is 9.81. The zero-order valence-electron chi connectivity index (χ0n) is 17.0. The van der Waals surface area contributed by atoms with Crippen LogP contribution in [0.4, 0.5) is 5.82 Å². The highest BCUT2D eigenvalue weighted by Crippen LogP contribution is 2.26. The Labute approximate surface area is 175 Å². The van der Waals surface area contributed by atoms with Gasteiger partial charge in [0.15, 0.2) is 0 Å². The number of benzene rings is 2. The average Bonchev–Trinajstić information content (AvgIpc) is 3.08. The highest BCUT2D eigenvalue weighted by molar-refractivity contribution is 6.58. The summed E-state index contributed by atoms with van der Waals surface area (Å²) >= 11 is 0. The van der Waals surface area contributed by atoms with Gasteiger partial charge in [-0.2, -0.15) is 4.98 Å². The molecule has 0 amide bonds. The van der Waals surface area contributed by atoms with Gasteiger partial charge in [-0.15, -0.1) is 0 Å². The Balaban J connectivity index is 1.67. The van der Waals surface area contributed by atoms with Crippen molar-refractivity contribution in [3.63, 3.8) is 0 Å². The lowest BCUT2D eigenvalue weighted by atomic mass is 9.80. The molecule has 0 saturated heterocycles. The monoisotopic (exact) mass is 401 g/mol. The molecule has 5 N–H and O–H groups in total. The van der Waals surface area contributed by atoms with Gasteiger partial charge in [0, 0.05) is 35.9 Å². The second-order valence-corrected chi connectivity index (χ2v) is 7.34. The molecule has 30 heavy (non-hydrogen) atoms. The maximum absolute atomic E-state index is 9.37. The van der Waals surface area contributed by atoms with Crippen LogP contribution in [0.3, 0.4) is 0 Å². The van der Waals surface area contributed by atoms with E-state index in [9.17, 15) is 10.0 Å². The van der Waals surface area contributed by atoms with Crippen molar-refractivity contribution in [1.29, 1.82) is 0 Å². The van der Waals surface area contributed by atoms with Crippen LogP contribution in [0, 0.1) is 13.8 Å². The van der Waals surface area contributed by atoms with Gasteiger partial charge in [-0.25, -0.2) is 4.98 Å². The summed E-state index contributed by atoms with van der Waals surface area (Å²) in [5.41, 5.74) is 11.3. The highest BCUT2D eigenvalue weighted by atomic mass is 16.4. The highest BCUT2D eigenvalue weighted by Gasteiger charge is 2.14. The van der Waals surface area contributed by atoms with Crippen molar-refractivity contribution >= 4 is 29.3 Å². The Morgan fingerprint density at radius 3 is 2.60 bits per heavy atom. The van der Waals surface area contributed by atoms with E-state index in [2.05, 4.69) is 16.4 Å². The number of aryl methyl sites for hydroxylation is 2. The number of nitrogens with two attached hydrogens (primary N) is 1. The van der Waals surface area contributed by atoms with E-state index in [-0.39, 0.29) is 0 Å². The molecule has 0 saturated carbocycles. The van der Waals surface area contributed by atoms with Gasteiger partial charge >= 0.3 is 7.12 Å². The summed E-state index contributed by atoms with van der Waals surface area (Å²) in [4.78, 5) is 9.38. The molecule has 4 aromatic rings. The lowest BCUT2D eigenvalue weighted by molar-refractivity contribution is 0.425. The Kier molecular flexibility index (Phi) is 5.54. The first-order valence-corrected chi connectivity index (χ1v) is 9.81. The topological polar surface area (TPSA) is 109 Å². The largest absolute Gasteiger partial charge is 0.488 e. The maximum Gasteiger partial charge on any atom is 0.488 e. The molecule has 2 heterocycles. The Bertz CT molecular complexity index is 1210. The Morgan fingerprint density at radius 1 is 1.03 bits per heavy atom. The molecule has 0 radical (unpaired) electrons. The summed E-state index contributed by atoms with van der Waals surface area (Å²) in [6.07, 6.45) is 0. The van der Waals surface area contributed by atoms with E-state index in [0.717, 1.165) is 33.4 Å². The molecule has 0 fully saturated rings. The summed E-state index contributed by atoms with van der Waals surface area (Å²) in [5, 5.41) is 23.2. The molecule has 0 aliphatic rings. The quantitative estimate of drug-likeness (QED) is 0.367. The second kappa shape index (κ2) is 8.27. The third-order valence-corrected chi connectivity index (χ3v) is 5.11. The summed E-state index contributed by atoms with van der Waals surface area (Å²) in [6, 6.07) is 17.2. The smallest absolute Gasteiger partial charge is 0.423 e. The zero-order valence-corrected chi connectivity index (χ0v) is 17.0. The molecule has 8 heteroatoms. The summed E-state index contributed by atoms with van der Waals surface area (Å²) < 4.78 is 2.04. The SMILES string of the molecule is Cc1cc(NCc2cccc(B(O)O)c2)nc(-n2c(C)cc3c(CN)cccc32)n1. The second-order valence-electron chi connectivity index (χ2n) is 7.34.